The lowest BCUT2D eigenvalue weighted by Crippen LogP contribution is -2.48. The van der Waals surface area contributed by atoms with Crippen molar-refractivity contribution in [3.8, 4) is 11.3 Å². The average molecular weight is 469 g/mol. The number of carbonyl (C=O) groups is 2. The number of hydrogen-bond donors (Lipinski definition) is 1. The Balaban J connectivity index is 1.49. The summed E-state index contributed by atoms with van der Waals surface area (Å²) < 4.78 is 0. The van der Waals surface area contributed by atoms with Crippen LogP contribution in [0.3, 0.4) is 0 Å². The van der Waals surface area contributed by atoms with Crippen molar-refractivity contribution >= 4 is 45.6 Å². The average Bonchev–Trinajstić information content (AvgIpc) is 3.21. The molecule has 2 aromatic carbocycles. The van der Waals surface area contributed by atoms with Gasteiger partial charge in [0.25, 0.3) is 5.91 Å². The Bertz CT molecular complexity index is 1150. The SMILES string of the molecule is CC(=O)N1CCN(c2cc(C)c(C(=O)Nc3nc(-c4ccccc4Cl)cs3)c(C)c2)CC1. The molecule has 0 saturated carbocycles. The second kappa shape index (κ2) is 9.30. The first kappa shape index (κ1) is 22.3. The molecule has 0 bridgehead atoms. The van der Waals surface area contributed by atoms with Gasteiger partial charge >= 0.3 is 0 Å². The summed E-state index contributed by atoms with van der Waals surface area (Å²) in [6.45, 7) is 8.52. The van der Waals surface area contributed by atoms with Gasteiger partial charge in [0, 0.05) is 60.3 Å². The summed E-state index contributed by atoms with van der Waals surface area (Å²) in [5.74, 6) is -0.0584. The highest BCUT2D eigenvalue weighted by atomic mass is 35.5. The second-order valence-electron chi connectivity index (χ2n) is 7.92. The van der Waals surface area contributed by atoms with E-state index in [4.69, 9.17) is 11.6 Å². The zero-order valence-corrected chi connectivity index (χ0v) is 19.9. The molecule has 0 spiro atoms. The fourth-order valence-corrected chi connectivity index (χ4v) is 4.98. The van der Waals surface area contributed by atoms with Gasteiger partial charge in [0.05, 0.1) is 5.69 Å². The van der Waals surface area contributed by atoms with E-state index in [9.17, 15) is 9.59 Å². The zero-order valence-electron chi connectivity index (χ0n) is 18.3. The normalized spacial score (nSPS) is 13.9. The maximum absolute atomic E-state index is 13.0. The van der Waals surface area contributed by atoms with E-state index in [-0.39, 0.29) is 11.8 Å². The zero-order chi connectivity index (χ0) is 22.8. The number of thiazole rings is 1. The lowest BCUT2D eigenvalue weighted by Gasteiger charge is -2.36. The van der Waals surface area contributed by atoms with Gasteiger partial charge in [0.1, 0.15) is 0 Å². The van der Waals surface area contributed by atoms with E-state index in [1.165, 1.54) is 11.3 Å². The number of nitrogens with zero attached hydrogens (tertiary/aromatic N) is 3. The first-order valence-electron chi connectivity index (χ1n) is 10.5. The predicted octanol–water partition coefficient (Wildman–Crippen LogP) is 5.00. The smallest absolute Gasteiger partial charge is 0.257 e. The summed E-state index contributed by atoms with van der Waals surface area (Å²) in [5, 5.41) is 5.99. The number of aromatic nitrogens is 1. The van der Waals surface area contributed by atoms with E-state index in [0.717, 1.165) is 41.2 Å². The molecule has 166 valence electrons. The first-order valence-corrected chi connectivity index (χ1v) is 11.7. The van der Waals surface area contributed by atoms with Crippen molar-refractivity contribution in [2.45, 2.75) is 20.8 Å². The molecule has 2 heterocycles. The summed E-state index contributed by atoms with van der Waals surface area (Å²) in [7, 11) is 0. The topological polar surface area (TPSA) is 65.5 Å². The monoisotopic (exact) mass is 468 g/mol. The van der Waals surface area contributed by atoms with Gasteiger partial charge in [-0.2, -0.15) is 0 Å². The van der Waals surface area contributed by atoms with Crippen LogP contribution in [0.5, 0.6) is 0 Å². The van der Waals surface area contributed by atoms with Crippen molar-refractivity contribution in [2.24, 2.45) is 0 Å². The number of piperazine rings is 1. The molecular formula is C24H25ClN4O2S. The first-order chi connectivity index (χ1) is 15.3. The largest absolute Gasteiger partial charge is 0.368 e. The minimum atomic E-state index is -0.173. The quantitative estimate of drug-likeness (QED) is 0.585. The Morgan fingerprint density at radius 3 is 2.34 bits per heavy atom. The summed E-state index contributed by atoms with van der Waals surface area (Å²) in [4.78, 5) is 33.3. The Labute approximate surface area is 196 Å². The number of anilines is 2. The van der Waals surface area contributed by atoms with E-state index in [0.29, 0.717) is 28.8 Å². The number of nitrogens with one attached hydrogen (secondary N) is 1. The maximum atomic E-state index is 13.0. The van der Waals surface area contributed by atoms with E-state index in [1.54, 1.807) is 6.92 Å². The van der Waals surface area contributed by atoms with Crippen LogP contribution in [0.4, 0.5) is 10.8 Å². The lowest BCUT2D eigenvalue weighted by atomic mass is 10.0. The van der Waals surface area contributed by atoms with Gasteiger partial charge in [0.2, 0.25) is 5.91 Å². The number of halogens is 1. The van der Waals surface area contributed by atoms with Gasteiger partial charge in [-0.3, -0.25) is 14.9 Å². The molecule has 6 nitrogen and oxygen atoms in total. The molecule has 8 heteroatoms. The van der Waals surface area contributed by atoms with Crippen LogP contribution in [0.2, 0.25) is 5.02 Å². The summed E-state index contributed by atoms with van der Waals surface area (Å²) >= 11 is 7.64. The van der Waals surface area contributed by atoms with Crippen LogP contribution in [0.15, 0.2) is 41.8 Å². The van der Waals surface area contributed by atoms with Gasteiger partial charge in [0.15, 0.2) is 5.13 Å². The third-order valence-electron chi connectivity index (χ3n) is 5.71. The molecule has 0 radical (unpaired) electrons. The standard InChI is InChI=1S/C24H25ClN4O2S/c1-15-12-18(29-10-8-28(9-11-29)17(3)30)13-16(2)22(15)23(31)27-24-26-21(14-32-24)19-6-4-5-7-20(19)25/h4-7,12-14H,8-11H2,1-3H3,(H,26,27,31). The second-order valence-corrected chi connectivity index (χ2v) is 9.18. The van der Waals surface area contributed by atoms with E-state index in [2.05, 4.69) is 15.2 Å². The van der Waals surface area contributed by atoms with Crippen LogP contribution in [0.25, 0.3) is 11.3 Å². The molecular weight excluding hydrogens is 444 g/mol. The number of carbonyl (C=O) groups excluding carboxylic acids is 2. The third-order valence-corrected chi connectivity index (χ3v) is 6.80. The molecule has 1 saturated heterocycles. The number of benzene rings is 2. The van der Waals surface area contributed by atoms with E-state index in [1.807, 2.05) is 60.5 Å². The highest BCUT2D eigenvalue weighted by Crippen LogP contribution is 2.31. The molecule has 1 aliphatic heterocycles. The number of rotatable bonds is 4. The molecule has 1 N–H and O–H groups in total. The van der Waals surface area contributed by atoms with Crippen LogP contribution in [0, 0.1) is 13.8 Å². The van der Waals surface area contributed by atoms with E-state index < -0.39 is 0 Å². The summed E-state index contributed by atoms with van der Waals surface area (Å²) in [6, 6.07) is 11.6. The van der Waals surface area contributed by atoms with Crippen LogP contribution < -0.4 is 10.2 Å². The number of amides is 2. The highest BCUT2D eigenvalue weighted by Gasteiger charge is 2.21. The molecule has 3 aromatic rings. The lowest BCUT2D eigenvalue weighted by molar-refractivity contribution is -0.129. The Kier molecular flexibility index (Phi) is 6.48. The number of hydrogen-bond acceptors (Lipinski definition) is 5. The van der Waals surface area contributed by atoms with Crippen molar-refractivity contribution in [2.75, 3.05) is 36.4 Å². The van der Waals surface area contributed by atoms with Crippen LogP contribution in [-0.4, -0.2) is 47.9 Å². The van der Waals surface area contributed by atoms with Crippen molar-refractivity contribution in [3.63, 3.8) is 0 Å². The minimum Gasteiger partial charge on any atom is -0.368 e. The fourth-order valence-electron chi connectivity index (χ4n) is 4.04. The van der Waals surface area contributed by atoms with E-state index >= 15 is 0 Å². The molecule has 1 aromatic heterocycles. The molecule has 4 rings (SSSR count). The fraction of sp³-hybridized carbons (Fsp3) is 0.292. The molecule has 0 atom stereocenters. The molecule has 0 aliphatic carbocycles. The van der Waals surface area contributed by atoms with Crippen molar-refractivity contribution in [1.82, 2.24) is 9.88 Å². The molecule has 32 heavy (non-hydrogen) atoms. The Morgan fingerprint density at radius 1 is 1.06 bits per heavy atom. The molecule has 1 aliphatic rings. The van der Waals surface area contributed by atoms with Gasteiger partial charge in [-0.1, -0.05) is 29.8 Å². The van der Waals surface area contributed by atoms with Gasteiger partial charge in [-0.15, -0.1) is 11.3 Å². The number of aryl methyl sites for hydroxylation is 2. The maximum Gasteiger partial charge on any atom is 0.257 e. The van der Waals surface area contributed by atoms with Crippen molar-refractivity contribution in [1.29, 1.82) is 0 Å². The van der Waals surface area contributed by atoms with Crippen LogP contribution in [0.1, 0.15) is 28.4 Å². The third kappa shape index (κ3) is 4.64. The van der Waals surface area contributed by atoms with Crippen LogP contribution >= 0.6 is 22.9 Å². The van der Waals surface area contributed by atoms with Gasteiger partial charge < -0.3 is 9.80 Å². The van der Waals surface area contributed by atoms with Gasteiger partial charge in [-0.05, 0) is 43.2 Å². The van der Waals surface area contributed by atoms with Crippen molar-refractivity contribution in [3.05, 3.63) is 63.5 Å². The highest BCUT2D eigenvalue weighted by molar-refractivity contribution is 7.14. The predicted molar refractivity (Wildman–Crippen MR) is 131 cm³/mol. The van der Waals surface area contributed by atoms with Gasteiger partial charge in [-0.25, -0.2) is 4.98 Å². The molecule has 1 fully saturated rings. The van der Waals surface area contributed by atoms with Crippen molar-refractivity contribution < 1.29 is 9.59 Å². The summed E-state index contributed by atoms with van der Waals surface area (Å²) in [5.41, 5.74) is 5.14. The van der Waals surface area contributed by atoms with Crippen LogP contribution in [-0.2, 0) is 4.79 Å². The Morgan fingerprint density at radius 2 is 1.72 bits per heavy atom. The molecule has 0 unspecified atom stereocenters. The minimum absolute atomic E-state index is 0.115. The summed E-state index contributed by atoms with van der Waals surface area (Å²) in [6.07, 6.45) is 0. The molecule has 2 amide bonds. The Hall–Kier alpha value is -2.90.